The van der Waals surface area contributed by atoms with Crippen molar-refractivity contribution >= 4 is 33.2 Å². The average Bonchev–Trinajstić information content (AvgIpc) is 2.96. The van der Waals surface area contributed by atoms with Crippen LogP contribution < -0.4 is 15.2 Å². The highest BCUT2D eigenvalue weighted by Crippen LogP contribution is 2.47. The lowest BCUT2D eigenvalue weighted by Crippen LogP contribution is -2.44. The van der Waals surface area contributed by atoms with Crippen molar-refractivity contribution in [3.8, 4) is 5.75 Å². The van der Waals surface area contributed by atoms with E-state index in [4.69, 9.17) is 9.88 Å². The van der Waals surface area contributed by atoms with Crippen LogP contribution in [0.15, 0.2) is 83.3 Å². The van der Waals surface area contributed by atoms with Gasteiger partial charge in [0.1, 0.15) is 28.6 Å². The van der Waals surface area contributed by atoms with Crippen LogP contribution in [-0.2, 0) is 31.6 Å². The van der Waals surface area contributed by atoms with Crippen LogP contribution in [0.4, 0.5) is 5.69 Å². The molecule has 0 atom stereocenters. The lowest BCUT2D eigenvalue weighted by molar-refractivity contribution is -0.125. The second-order valence-electron chi connectivity index (χ2n) is 12.0. The molecule has 228 valence electrons. The molecule has 0 spiro atoms. The number of Topliss-reactive ketones (excluding diaryl/α,β-unsaturated/α-hetero) is 1. The maximum Gasteiger partial charge on any atom is 0.263 e. The van der Waals surface area contributed by atoms with E-state index >= 15 is 0 Å². The largest absolute Gasteiger partial charge is 0.506 e. The van der Waals surface area contributed by atoms with Gasteiger partial charge in [-0.2, -0.15) is 0 Å². The first-order valence-corrected chi connectivity index (χ1v) is 16.1. The fourth-order valence-electron chi connectivity index (χ4n) is 5.47. The number of benzene rings is 3. The molecule has 0 saturated carbocycles. The standard InChI is InChI=1S/C34H40N2O6S/c1-22(2)16-18-34(19-17-23(3)4)27-13-9-8-12-26(27)31(37)30(32(34)38)33(39)36-28-15-14-25(20-29(28)43(35,40)41)42-21-24-10-6-5-7-11-24/h5-15,20,22-23,37H,16-19,21H2,1-4H3,(H,36,39)(H2,35,40,41). The number of sulfonamides is 1. The number of hydrogen-bond donors (Lipinski definition) is 3. The number of fused-ring (bicyclic) bond motifs is 1. The summed E-state index contributed by atoms with van der Waals surface area (Å²) in [4.78, 5) is 27.8. The van der Waals surface area contributed by atoms with Crippen LogP contribution in [0.1, 0.15) is 70.1 Å². The second kappa shape index (κ2) is 13.1. The molecule has 0 aliphatic heterocycles. The number of ketones is 1. The lowest BCUT2D eigenvalue weighted by atomic mass is 9.62. The number of ether oxygens (including phenoxy) is 1. The zero-order valence-corrected chi connectivity index (χ0v) is 25.9. The summed E-state index contributed by atoms with van der Waals surface area (Å²) in [6, 6.07) is 20.6. The summed E-state index contributed by atoms with van der Waals surface area (Å²) < 4.78 is 30.9. The number of rotatable bonds is 12. The van der Waals surface area contributed by atoms with Gasteiger partial charge in [0, 0.05) is 11.6 Å². The Morgan fingerprint density at radius 2 is 1.53 bits per heavy atom. The Labute approximate surface area is 254 Å². The molecule has 9 heteroatoms. The molecule has 0 heterocycles. The molecular weight excluding hydrogens is 564 g/mol. The number of carbonyl (C=O) groups is 2. The monoisotopic (exact) mass is 604 g/mol. The van der Waals surface area contributed by atoms with Gasteiger partial charge in [0.05, 0.1) is 11.1 Å². The number of aliphatic hydroxyl groups excluding tert-OH is 1. The first kappa shape index (κ1) is 32.0. The summed E-state index contributed by atoms with van der Waals surface area (Å²) in [6.07, 6.45) is 2.50. The lowest BCUT2D eigenvalue weighted by Gasteiger charge is -2.39. The minimum Gasteiger partial charge on any atom is -0.506 e. The highest BCUT2D eigenvalue weighted by atomic mass is 32.2. The van der Waals surface area contributed by atoms with Crippen molar-refractivity contribution in [1.29, 1.82) is 0 Å². The highest BCUT2D eigenvalue weighted by molar-refractivity contribution is 7.89. The molecule has 1 amide bonds. The van der Waals surface area contributed by atoms with E-state index in [1.807, 2.05) is 42.5 Å². The van der Waals surface area contributed by atoms with E-state index in [1.54, 1.807) is 12.1 Å². The van der Waals surface area contributed by atoms with Crippen LogP contribution in [0.2, 0.25) is 0 Å². The molecule has 43 heavy (non-hydrogen) atoms. The summed E-state index contributed by atoms with van der Waals surface area (Å²) >= 11 is 0. The van der Waals surface area contributed by atoms with E-state index in [2.05, 4.69) is 33.0 Å². The van der Waals surface area contributed by atoms with E-state index in [1.165, 1.54) is 18.2 Å². The molecule has 0 bridgehead atoms. The van der Waals surface area contributed by atoms with E-state index in [9.17, 15) is 23.1 Å². The van der Waals surface area contributed by atoms with Crippen molar-refractivity contribution in [3.63, 3.8) is 0 Å². The van der Waals surface area contributed by atoms with Crippen molar-refractivity contribution in [1.82, 2.24) is 0 Å². The number of nitrogens with two attached hydrogens (primary N) is 1. The molecule has 3 aromatic carbocycles. The summed E-state index contributed by atoms with van der Waals surface area (Å²) in [5.41, 5.74) is 0.491. The van der Waals surface area contributed by atoms with Crippen molar-refractivity contribution in [2.45, 2.75) is 70.3 Å². The van der Waals surface area contributed by atoms with Crippen molar-refractivity contribution in [2.75, 3.05) is 5.32 Å². The first-order chi connectivity index (χ1) is 20.3. The van der Waals surface area contributed by atoms with Gasteiger partial charge in [-0.15, -0.1) is 0 Å². The van der Waals surface area contributed by atoms with Gasteiger partial charge in [-0.3, -0.25) is 9.59 Å². The van der Waals surface area contributed by atoms with Crippen LogP contribution in [0.3, 0.4) is 0 Å². The number of aliphatic hydroxyl groups is 1. The third-order valence-electron chi connectivity index (χ3n) is 7.88. The molecular formula is C34H40N2O6S. The minimum absolute atomic E-state index is 0.124. The fourth-order valence-corrected chi connectivity index (χ4v) is 6.18. The number of hydrogen-bond acceptors (Lipinski definition) is 6. The zero-order valence-electron chi connectivity index (χ0n) is 25.1. The van der Waals surface area contributed by atoms with Gasteiger partial charge in [0.25, 0.3) is 5.91 Å². The fraction of sp³-hybridized carbons (Fsp3) is 0.353. The van der Waals surface area contributed by atoms with Gasteiger partial charge in [0.15, 0.2) is 5.78 Å². The van der Waals surface area contributed by atoms with E-state index in [0.29, 0.717) is 35.8 Å². The smallest absolute Gasteiger partial charge is 0.263 e. The van der Waals surface area contributed by atoms with Gasteiger partial charge >= 0.3 is 0 Å². The van der Waals surface area contributed by atoms with Crippen molar-refractivity contribution < 1.29 is 27.9 Å². The molecule has 1 aliphatic rings. The minimum atomic E-state index is -4.31. The highest BCUT2D eigenvalue weighted by Gasteiger charge is 2.49. The summed E-state index contributed by atoms with van der Waals surface area (Å²) in [6.45, 7) is 8.52. The van der Waals surface area contributed by atoms with E-state index in [0.717, 1.165) is 18.4 Å². The number of primary sulfonamides is 1. The van der Waals surface area contributed by atoms with Crippen LogP contribution in [0, 0.1) is 11.8 Å². The zero-order chi connectivity index (χ0) is 31.4. The Bertz CT molecular complexity index is 1620. The van der Waals surface area contributed by atoms with Gasteiger partial charge in [-0.05, 0) is 60.8 Å². The Morgan fingerprint density at radius 3 is 2.14 bits per heavy atom. The molecule has 0 radical (unpaired) electrons. The van der Waals surface area contributed by atoms with Gasteiger partial charge < -0.3 is 15.2 Å². The van der Waals surface area contributed by atoms with Crippen LogP contribution in [0.5, 0.6) is 5.75 Å². The first-order valence-electron chi connectivity index (χ1n) is 14.6. The van der Waals surface area contributed by atoms with E-state index < -0.39 is 38.5 Å². The van der Waals surface area contributed by atoms with E-state index in [-0.39, 0.29) is 22.9 Å². The Kier molecular flexibility index (Phi) is 9.77. The Balaban J connectivity index is 1.72. The molecule has 0 unspecified atom stereocenters. The number of anilines is 1. The second-order valence-corrected chi connectivity index (χ2v) is 13.5. The predicted octanol–water partition coefficient (Wildman–Crippen LogP) is 6.51. The normalized spacial score (nSPS) is 14.6. The SMILES string of the molecule is CC(C)CCC1(CCC(C)C)C(=O)C(C(=O)Nc2ccc(OCc3ccccc3)cc2S(N)(=O)=O)=C(O)c2ccccc21. The van der Waals surface area contributed by atoms with Gasteiger partial charge in [-0.1, -0.05) is 82.3 Å². The van der Waals surface area contributed by atoms with Crippen LogP contribution in [-0.4, -0.2) is 25.2 Å². The summed E-state index contributed by atoms with van der Waals surface area (Å²) in [7, 11) is -4.31. The molecule has 0 aromatic heterocycles. The van der Waals surface area contributed by atoms with Crippen LogP contribution >= 0.6 is 0 Å². The maximum absolute atomic E-state index is 14.4. The van der Waals surface area contributed by atoms with Crippen LogP contribution in [0.25, 0.3) is 5.76 Å². The quantitative estimate of drug-likeness (QED) is 0.202. The third-order valence-corrected chi connectivity index (χ3v) is 8.83. The molecule has 0 saturated heterocycles. The molecule has 3 aromatic rings. The Morgan fingerprint density at radius 1 is 0.930 bits per heavy atom. The average molecular weight is 605 g/mol. The molecule has 8 nitrogen and oxygen atoms in total. The number of carbonyl (C=O) groups excluding carboxylic acids is 2. The number of amides is 1. The van der Waals surface area contributed by atoms with Crippen molar-refractivity contribution in [2.24, 2.45) is 17.0 Å². The van der Waals surface area contributed by atoms with Gasteiger partial charge in [-0.25, -0.2) is 13.6 Å². The Hall–Kier alpha value is -3.95. The third kappa shape index (κ3) is 7.17. The molecule has 4 N–H and O–H groups in total. The number of nitrogens with one attached hydrogen (secondary N) is 1. The maximum atomic E-state index is 14.4. The van der Waals surface area contributed by atoms with Gasteiger partial charge in [0.2, 0.25) is 10.0 Å². The summed E-state index contributed by atoms with van der Waals surface area (Å²) in [5.74, 6) is -0.944. The van der Waals surface area contributed by atoms with Crippen molar-refractivity contribution in [3.05, 3.63) is 95.1 Å². The molecule has 0 fully saturated rings. The predicted molar refractivity (Wildman–Crippen MR) is 168 cm³/mol. The molecule has 1 aliphatic carbocycles. The summed E-state index contributed by atoms with van der Waals surface area (Å²) in [5, 5.41) is 19.4. The molecule has 4 rings (SSSR count). The topological polar surface area (TPSA) is 136 Å².